The topological polar surface area (TPSA) is 62.2 Å². The first-order valence-electron chi connectivity index (χ1n) is 8.81. The third kappa shape index (κ3) is 5.06. The van der Waals surface area contributed by atoms with Crippen LogP contribution >= 0.6 is 0 Å². The van der Waals surface area contributed by atoms with Gasteiger partial charge in [0.1, 0.15) is 0 Å². The second kappa shape index (κ2) is 7.70. The Morgan fingerprint density at radius 1 is 1.28 bits per heavy atom. The monoisotopic (exact) mass is 341 g/mol. The molecule has 2 aromatic rings. The molecular weight excluding hydrogens is 314 g/mol. The van der Waals surface area contributed by atoms with Crippen molar-refractivity contribution >= 4 is 11.7 Å². The maximum atomic E-state index is 12.1. The van der Waals surface area contributed by atoms with Crippen LogP contribution in [0.1, 0.15) is 23.1 Å². The maximum Gasteiger partial charge on any atom is 0.319 e. The molecule has 134 valence electrons. The van der Waals surface area contributed by atoms with Crippen LogP contribution in [0.4, 0.5) is 10.5 Å². The number of hydrogen-bond donors (Lipinski definition) is 2. The van der Waals surface area contributed by atoms with E-state index in [0.717, 1.165) is 42.9 Å². The van der Waals surface area contributed by atoms with Gasteiger partial charge in [-0.05, 0) is 56.0 Å². The fraction of sp³-hybridized carbons (Fsp3) is 0.474. The standard InChI is InChI=1S/C19H27N5O/c1-14-6-15(2)8-18(7-14)22-19(25)20-9-16-4-5-24(12-16)13-17-10-21-23(3)11-17/h6-8,10-11,16H,4-5,9,12-13H2,1-3H3,(H2,20,22,25)/t16-/m1/s1. The third-order valence-electron chi connectivity index (χ3n) is 4.57. The number of hydrogen-bond acceptors (Lipinski definition) is 3. The number of amides is 2. The molecule has 0 radical (unpaired) electrons. The lowest BCUT2D eigenvalue weighted by Gasteiger charge is -2.15. The highest BCUT2D eigenvalue weighted by molar-refractivity contribution is 5.89. The summed E-state index contributed by atoms with van der Waals surface area (Å²) in [4.78, 5) is 14.5. The summed E-state index contributed by atoms with van der Waals surface area (Å²) in [5.74, 6) is 0.502. The molecule has 1 fully saturated rings. The zero-order valence-corrected chi connectivity index (χ0v) is 15.2. The molecule has 0 aliphatic carbocycles. The second-order valence-corrected chi connectivity index (χ2v) is 7.12. The average molecular weight is 341 g/mol. The van der Waals surface area contributed by atoms with Crippen molar-refractivity contribution in [1.29, 1.82) is 0 Å². The Labute approximate surface area is 149 Å². The minimum atomic E-state index is -0.129. The van der Waals surface area contributed by atoms with E-state index in [1.165, 1.54) is 5.56 Å². The van der Waals surface area contributed by atoms with Gasteiger partial charge in [-0.15, -0.1) is 0 Å². The largest absolute Gasteiger partial charge is 0.338 e. The number of benzene rings is 1. The Morgan fingerprint density at radius 3 is 2.72 bits per heavy atom. The second-order valence-electron chi connectivity index (χ2n) is 7.12. The van der Waals surface area contributed by atoms with Crippen LogP contribution in [0.25, 0.3) is 0 Å². The molecule has 3 rings (SSSR count). The van der Waals surface area contributed by atoms with Gasteiger partial charge in [-0.1, -0.05) is 6.07 Å². The average Bonchev–Trinajstić information content (AvgIpc) is 3.13. The van der Waals surface area contributed by atoms with Gasteiger partial charge < -0.3 is 10.6 Å². The molecule has 1 aliphatic rings. The van der Waals surface area contributed by atoms with Crippen LogP contribution in [0.15, 0.2) is 30.6 Å². The lowest BCUT2D eigenvalue weighted by atomic mass is 10.1. The van der Waals surface area contributed by atoms with Gasteiger partial charge in [0, 0.05) is 44.1 Å². The van der Waals surface area contributed by atoms with Gasteiger partial charge in [0.2, 0.25) is 0 Å². The van der Waals surface area contributed by atoms with Crippen molar-refractivity contribution in [2.24, 2.45) is 13.0 Å². The van der Waals surface area contributed by atoms with Crippen molar-refractivity contribution in [3.05, 3.63) is 47.3 Å². The molecule has 1 atom stereocenters. The molecule has 0 bridgehead atoms. The fourth-order valence-corrected chi connectivity index (χ4v) is 3.49. The van der Waals surface area contributed by atoms with Gasteiger partial charge in [0.25, 0.3) is 0 Å². The number of nitrogens with one attached hydrogen (secondary N) is 2. The Bertz CT molecular complexity index is 719. The molecule has 1 aliphatic heterocycles. The molecule has 2 amide bonds. The smallest absolute Gasteiger partial charge is 0.319 e. The number of anilines is 1. The highest BCUT2D eigenvalue weighted by Crippen LogP contribution is 2.18. The normalized spacial score (nSPS) is 17.6. The molecule has 0 spiro atoms. The Morgan fingerprint density at radius 2 is 2.04 bits per heavy atom. The predicted octanol–water partition coefficient (Wildman–Crippen LogP) is 2.68. The zero-order chi connectivity index (χ0) is 17.8. The summed E-state index contributed by atoms with van der Waals surface area (Å²) >= 11 is 0. The van der Waals surface area contributed by atoms with Crippen LogP contribution < -0.4 is 10.6 Å². The summed E-state index contributed by atoms with van der Waals surface area (Å²) in [6.45, 7) is 7.79. The Balaban J connectivity index is 1.42. The van der Waals surface area contributed by atoms with Gasteiger partial charge >= 0.3 is 6.03 Å². The van der Waals surface area contributed by atoms with Crippen molar-refractivity contribution in [3.8, 4) is 0 Å². The maximum absolute atomic E-state index is 12.1. The highest BCUT2D eigenvalue weighted by Gasteiger charge is 2.23. The number of carbonyl (C=O) groups is 1. The number of aromatic nitrogens is 2. The lowest BCUT2D eigenvalue weighted by molar-refractivity contribution is 0.249. The van der Waals surface area contributed by atoms with E-state index in [9.17, 15) is 4.79 Å². The van der Waals surface area contributed by atoms with Gasteiger partial charge in [-0.3, -0.25) is 9.58 Å². The fourth-order valence-electron chi connectivity index (χ4n) is 3.49. The molecule has 0 unspecified atom stereocenters. The minimum Gasteiger partial charge on any atom is -0.338 e. The van der Waals surface area contributed by atoms with Gasteiger partial charge in [0.15, 0.2) is 0 Å². The third-order valence-corrected chi connectivity index (χ3v) is 4.57. The van der Waals surface area contributed by atoms with E-state index in [0.29, 0.717) is 12.5 Å². The predicted molar refractivity (Wildman–Crippen MR) is 99.5 cm³/mol. The van der Waals surface area contributed by atoms with E-state index in [4.69, 9.17) is 0 Å². The van der Waals surface area contributed by atoms with Crippen molar-refractivity contribution in [2.45, 2.75) is 26.8 Å². The van der Waals surface area contributed by atoms with Crippen LogP contribution in [-0.4, -0.2) is 40.3 Å². The van der Waals surface area contributed by atoms with Crippen LogP contribution in [0, 0.1) is 19.8 Å². The molecule has 1 saturated heterocycles. The summed E-state index contributed by atoms with van der Waals surface area (Å²) in [6.07, 6.45) is 5.09. The van der Waals surface area contributed by atoms with Crippen LogP contribution in [0.3, 0.4) is 0 Å². The number of aryl methyl sites for hydroxylation is 3. The molecule has 2 N–H and O–H groups in total. The Hall–Kier alpha value is -2.34. The summed E-state index contributed by atoms with van der Waals surface area (Å²) < 4.78 is 1.84. The van der Waals surface area contributed by atoms with Crippen molar-refractivity contribution < 1.29 is 4.79 Å². The number of nitrogens with zero attached hydrogens (tertiary/aromatic N) is 3. The Kier molecular flexibility index (Phi) is 5.38. The molecule has 1 aromatic carbocycles. The van der Waals surface area contributed by atoms with Crippen LogP contribution in [0.5, 0.6) is 0 Å². The van der Waals surface area contributed by atoms with E-state index < -0.39 is 0 Å². The van der Waals surface area contributed by atoms with Gasteiger partial charge in [-0.25, -0.2) is 4.79 Å². The number of likely N-dealkylation sites (tertiary alicyclic amines) is 1. The number of urea groups is 1. The highest BCUT2D eigenvalue weighted by atomic mass is 16.2. The first-order chi connectivity index (χ1) is 12.0. The molecule has 1 aromatic heterocycles. The van der Waals surface area contributed by atoms with Gasteiger partial charge in [0.05, 0.1) is 6.20 Å². The van der Waals surface area contributed by atoms with Crippen LogP contribution in [-0.2, 0) is 13.6 Å². The molecule has 2 heterocycles. The van der Waals surface area contributed by atoms with E-state index in [-0.39, 0.29) is 6.03 Å². The van der Waals surface area contributed by atoms with E-state index >= 15 is 0 Å². The van der Waals surface area contributed by atoms with Crippen molar-refractivity contribution in [3.63, 3.8) is 0 Å². The molecular formula is C19H27N5O. The lowest BCUT2D eigenvalue weighted by Crippen LogP contribution is -2.34. The number of rotatable bonds is 5. The molecule has 6 nitrogen and oxygen atoms in total. The molecule has 0 saturated carbocycles. The quantitative estimate of drug-likeness (QED) is 0.879. The number of carbonyl (C=O) groups excluding carboxylic acids is 1. The summed E-state index contributed by atoms with van der Waals surface area (Å²) in [6, 6.07) is 5.93. The van der Waals surface area contributed by atoms with Crippen molar-refractivity contribution in [2.75, 3.05) is 25.0 Å². The van der Waals surface area contributed by atoms with Crippen molar-refractivity contribution in [1.82, 2.24) is 20.0 Å². The molecule has 6 heteroatoms. The summed E-state index contributed by atoms with van der Waals surface area (Å²) in [7, 11) is 1.94. The minimum absolute atomic E-state index is 0.129. The SMILES string of the molecule is Cc1cc(C)cc(NC(=O)NC[C@H]2CCN(Cc3cnn(C)c3)C2)c1. The van der Waals surface area contributed by atoms with E-state index in [2.05, 4.69) is 32.9 Å². The summed E-state index contributed by atoms with van der Waals surface area (Å²) in [5, 5.41) is 10.1. The first-order valence-corrected chi connectivity index (χ1v) is 8.81. The zero-order valence-electron chi connectivity index (χ0n) is 15.2. The summed E-state index contributed by atoms with van der Waals surface area (Å²) in [5.41, 5.74) is 4.39. The van der Waals surface area contributed by atoms with Crippen LogP contribution in [0.2, 0.25) is 0 Å². The van der Waals surface area contributed by atoms with E-state index in [1.54, 1.807) is 0 Å². The first kappa shape index (κ1) is 17.5. The van der Waals surface area contributed by atoms with E-state index in [1.807, 2.05) is 43.9 Å². The van der Waals surface area contributed by atoms with Gasteiger partial charge in [-0.2, -0.15) is 5.10 Å². The molecule has 25 heavy (non-hydrogen) atoms.